The Balaban J connectivity index is 1.38. The maximum atomic E-state index is 12.1. The van der Waals surface area contributed by atoms with Crippen LogP contribution in [0.3, 0.4) is 0 Å². The van der Waals surface area contributed by atoms with Gasteiger partial charge in [0.1, 0.15) is 0 Å². The predicted octanol–water partition coefficient (Wildman–Crippen LogP) is 4.72. The van der Waals surface area contributed by atoms with E-state index in [1.54, 1.807) is 0 Å². The van der Waals surface area contributed by atoms with E-state index >= 15 is 0 Å². The van der Waals surface area contributed by atoms with E-state index in [9.17, 15) is 4.79 Å². The molecule has 2 fully saturated rings. The van der Waals surface area contributed by atoms with E-state index in [1.165, 1.54) is 5.56 Å². The van der Waals surface area contributed by atoms with Gasteiger partial charge in [0.15, 0.2) is 0 Å². The zero-order chi connectivity index (χ0) is 22.5. The highest BCUT2D eigenvalue weighted by Gasteiger charge is 2.30. The van der Waals surface area contributed by atoms with Crippen molar-refractivity contribution in [1.82, 2.24) is 24.6 Å². The summed E-state index contributed by atoms with van der Waals surface area (Å²) in [5.41, 5.74) is 3.54. The number of amides is 1. The van der Waals surface area contributed by atoms with Crippen LogP contribution in [0, 0.1) is 0 Å². The standard InChI is InChI=1S/C25H37N5O2/c1-4-32-25(31)29-13-6-7-22(11-16-29)28-14-9-20(10-15-28)23-8-5-12-26-24(23)21-17-27-30(18-21)19(2)3/h5,8,12,17-20,22H,4,6-7,9-11,13-16H2,1-3H3. The van der Waals surface area contributed by atoms with Gasteiger partial charge in [-0.2, -0.15) is 5.10 Å². The fourth-order valence-electron chi connectivity index (χ4n) is 5.15. The number of hydrogen-bond donors (Lipinski definition) is 0. The van der Waals surface area contributed by atoms with E-state index in [4.69, 9.17) is 9.72 Å². The van der Waals surface area contributed by atoms with Crippen LogP contribution in [0.15, 0.2) is 30.7 Å². The van der Waals surface area contributed by atoms with Crippen LogP contribution in [0.4, 0.5) is 4.79 Å². The average molecular weight is 440 g/mol. The number of ether oxygens (including phenoxy) is 1. The third-order valence-corrected chi connectivity index (χ3v) is 6.95. The van der Waals surface area contributed by atoms with Crippen LogP contribution in [0.1, 0.15) is 70.4 Å². The van der Waals surface area contributed by atoms with Gasteiger partial charge in [-0.1, -0.05) is 6.07 Å². The van der Waals surface area contributed by atoms with E-state index in [0.717, 1.165) is 69.5 Å². The SMILES string of the molecule is CCOC(=O)N1CCCC(N2CCC(c3cccnc3-c3cnn(C(C)C)c3)CC2)CC1. The minimum atomic E-state index is -0.156. The van der Waals surface area contributed by atoms with Crippen molar-refractivity contribution in [3.63, 3.8) is 0 Å². The number of nitrogens with zero attached hydrogens (tertiary/aromatic N) is 5. The molecule has 174 valence electrons. The minimum absolute atomic E-state index is 0.156. The lowest BCUT2D eigenvalue weighted by Crippen LogP contribution is -2.41. The number of hydrogen-bond acceptors (Lipinski definition) is 5. The molecule has 0 aliphatic carbocycles. The molecule has 0 aromatic carbocycles. The maximum absolute atomic E-state index is 12.1. The van der Waals surface area contributed by atoms with Crippen LogP contribution in [-0.4, -0.2) is 69.5 Å². The summed E-state index contributed by atoms with van der Waals surface area (Å²) in [6, 6.07) is 5.22. The number of carbonyl (C=O) groups excluding carboxylic acids is 1. The number of aromatic nitrogens is 3. The quantitative estimate of drug-likeness (QED) is 0.675. The van der Waals surface area contributed by atoms with E-state index in [1.807, 2.05) is 28.9 Å². The minimum Gasteiger partial charge on any atom is -0.450 e. The second-order valence-corrected chi connectivity index (χ2v) is 9.32. The van der Waals surface area contributed by atoms with Gasteiger partial charge in [0.05, 0.1) is 18.5 Å². The molecule has 1 unspecified atom stereocenters. The van der Waals surface area contributed by atoms with Gasteiger partial charge in [0.25, 0.3) is 0 Å². The van der Waals surface area contributed by atoms with E-state index in [-0.39, 0.29) is 6.09 Å². The monoisotopic (exact) mass is 439 g/mol. The van der Waals surface area contributed by atoms with Crippen LogP contribution in [-0.2, 0) is 4.74 Å². The number of rotatable bonds is 5. The van der Waals surface area contributed by atoms with Gasteiger partial charge in [-0.25, -0.2) is 4.79 Å². The van der Waals surface area contributed by atoms with Crippen LogP contribution in [0.25, 0.3) is 11.3 Å². The topological polar surface area (TPSA) is 63.5 Å². The molecule has 0 saturated carbocycles. The predicted molar refractivity (Wildman–Crippen MR) is 126 cm³/mol. The number of likely N-dealkylation sites (tertiary alicyclic amines) is 2. The number of pyridine rings is 1. The van der Waals surface area contributed by atoms with Crippen molar-refractivity contribution in [1.29, 1.82) is 0 Å². The molecule has 0 spiro atoms. The Morgan fingerprint density at radius 3 is 2.69 bits per heavy atom. The molecule has 0 bridgehead atoms. The Hall–Kier alpha value is -2.41. The molecule has 1 atom stereocenters. The van der Waals surface area contributed by atoms with Crippen molar-refractivity contribution in [2.45, 2.75) is 70.9 Å². The van der Waals surface area contributed by atoms with Crippen LogP contribution in [0.2, 0.25) is 0 Å². The average Bonchev–Trinajstić information content (AvgIpc) is 3.18. The highest BCUT2D eigenvalue weighted by atomic mass is 16.6. The molecule has 0 radical (unpaired) electrons. The Morgan fingerprint density at radius 2 is 1.97 bits per heavy atom. The largest absolute Gasteiger partial charge is 0.450 e. The zero-order valence-corrected chi connectivity index (χ0v) is 19.7. The molecular formula is C25H37N5O2. The van der Waals surface area contributed by atoms with Crippen LogP contribution >= 0.6 is 0 Å². The Labute approximate surface area is 191 Å². The fraction of sp³-hybridized carbons (Fsp3) is 0.640. The number of carbonyl (C=O) groups is 1. The van der Waals surface area contributed by atoms with Crippen LogP contribution in [0.5, 0.6) is 0 Å². The summed E-state index contributed by atoms with van der Waals surface area (Å²) in [5.74, 6) is 0.527. The molecular weight excluding hydrogens is 402 g/mol. The van der Waals surface area contributed by atoms with Gasteiger partial charge in [-0.3, -0.25) is 9.67 Å². The highest BCUT2D eigenvalue weighted by molar-refractivity contribution is 5.67. The summed E-state index contributed by atoms with van der Waals surface area (Å²) >= 11 is 0. The van der Waals surface area contributed by atoms with Crippen molar-refractivity contribution in [3.8, 4) is 11.3 Å². The fourth-order valence-corrected chi connectivity index (χ4v) is 5.15. The van der Waals surface area contributed by atoms with Gasteiger partial charge in [-0.05, 0) is 83.5 Å². The molecule has 4 rings (SSSR count). The maximum Gasteiger partial charge on any atom is 0.409 e. The first-order valence-corrected chi connectivity index (χ1v) is 12.2. The highest BCUT2D eigenvalue weighted by Crippen LogP contribution is 2.35. The van der Waals surface area contributed by atoms with E-state index in [2.05, 4.69) is 42.2 Å². The molecule has 2 aliphatic rings. The normalized spacial score (nSPS) is 21.0. The lowest BCUT2D eigenvalue weighted by molar-refractivity contribution is 0.105. The second-order valence-electron chi connectivity index (χ2n) is 9.32. The molecule has 2 aromatic heterocycles. The Kier molecular flexibility index (Phi) is 7.45. The smallest absolute Gasteiger partial charge is 0.409 e. The third-order valence-electron chi connectivity index (χ3n) is 6.95. The molecule has 2 saturated heterocycles. The van der Waals surface area contributed by atoms with Gasteiger partial charge < -0.3 is 14.5 Å². The van der Waals surface area contributed by atoms with Crippen molar-refractivity contribution in [2.75, 3.05) is 32.8 Å². The summed E-state index contributed by atoms with van der Waals surface area (Å²) in [4.78, 5) is 21.4. The molecule has 7 heteroatoms. The second kappa shape index (κ2) is 10.5. The summed E-state index contributed by atoms with van der Waals surface area (Å²) in [5, 5.41) is 4.52. The first kappa shape index (κ1) is 22.8. The van der Waals surface area contributed by atoms with E-state index in [0.29, 0.717) is 24.6 Å². The van der Waals surface area contributed by atoms with Crippen molar-refractivity contribution in [3.05, 3.63) is 36.3 Å². The molecule has 4 heterocycles. The molecule has 2 aliphatic heterocycles. The lowest BCUT2D eigenvalue weighted by atomic mass is 9.86. The van der Waals surface area contributed by atoms with Gasteiger partial charge in [0, 0.05) is 43.1 Å². The van der Waals surface area contributed by atoms with Crippen molar-refractivity contribution in [2.24, 2.45) is 0 Å². The van der Waals surface area contributed by atoms with Crippen LogP contribution < -0.4 is 0 Å². The summed E-state index contributed by atoms with van der Waals surface area (Å²) in [6.45, 7) is 10.4. The third kappa shape index (κ3) is 5.14. The molecule has 32 heavy (non-hydrogen) atoms. The van der Waals surface area contributed by atoms with E-state index < -0.39 is 0 Å². The number of piperidine rings is 1. The summed E-state index contributed by atoms with van der Waals surface area (Å²) in [6.07, 6.45) is 11.3. The Bertz CT molecular complexity index is 888. The van der Waals surface area contributed by atoms with Gasteiger partial charge >= 0.3 is 6.09 Å². The molecule has 2 aromatic rings. The van der Waals surface area contributed by atoms with Crippen molar-refractivity contribution < 1.29 is 9.53 Å². The summed E-state index contributed by atoms with van der Waals surface area (Å²) < 4.78 is 7.21. The summed E-state index contributed by atoms with van der Waals surface area (Å²) in [7, 11) is 0. The Morgan fingerprint density at radius 1 is 1.16 bits per heavy atom. The zero-order valence-electron chi connectivity index (χ0n) is 19.7. The molecule has 1 amide bonds. The van der Waals surface area contributed by atoms with Gasteiger partial charge in [-0.15, -0.1) is 0 Å². The first-order chi connectivity index (χ1) is 15.6. The van der Waals surface area contributed by atoms with Crippen molar-refractivity contribution >= 4 is 6.09 Å². The first-order valence-electron chi connectivity index (χ1n) is 12.2. The lowest BCUT2D eigenvalue weighted by Gasteiger charge is -2.37. The molecule has 7 nitrogen and oxygen atoms in total. The molecule has 0 N–H and O–H groups in total. The van der Waals surface area contributed by atoms with Gasteiger partial charge in [0.2, 0.25) is 0 Å².